The zero-order chi connectivity index (χ0) is 17.9. The molecule has 2 rings (SSSR count). The Labute approximate surface area is 147 Å². The van der Waals surface area contributed by atoms with Gasteiger partial charge in [-0.2, -0.15) is 0 Å². The molecule has 1 aliphatic heterocycles. The Kier molecular flexibility index (Phi) is 8.00. The van der Waals surface area contributed by atoms with Crippen LogP contribution in [0.1, 0.15) is 12.8 Å². The molecule has 8 heteroatoms. The van der Waals surface area contributed by atoms with Crippen molar-refractivity contribution in [3.63, 3.8) is 0 Å². The van der Waals surface area contributed by atoms with Crippen LogP contribution in [0.25, 0.3) is 0 Å². The minimum absolute atomic E-state index is 0.262. The predicted molar refractivity (Wildman–Crippen MR) is 96.0 cm³/mol. The van der Waals surface area contributed by atoms with E-state index in [1.54, 1.807) is 24.3 Å². The Morgan fingerprint density at radius 2 is 1.88 bits per heavy atom. The molecule has 0 aromatic heterocycles. The molecule has 1 heterocycles. The van der Waals surface area contributed by atoms with E-state index in [4.69, 9.17) is 4.74 Å². The van der Waals surface area contributed by atoms with Gasteiger partial charge >= 0.3 is 12.1 Å². The Balaban J connectivity index is 1.62. The Hall–Kier alpha value is -2.32. The second-order valence-electron chi connectivity index (χ2n) is 5.74. The first-order chi connectivity index (χ1) is 12.2. The van der Waals surface area contributed by atoms with Crippen molar-refractivity contribution < 1.29 is 19.1 Å². The van der Waals surface area contributed by atoms with E-state index in [1.807, 2.05) is 0 Å². The summed E-state index contributed by atoms with van der Waals surface area (Å²) in [4.78, 5) is 25.5. The number of ether oxygens (including phenoxy) is 2. The van der Waals surface area contributed by atoms with E-state index >= 15 is 0 Å². The lowest BCUT2D eigenvalue weighted by atomic mass is 10.2. The van der Waals surface area contributed by atoms with E-state index in [9.17, 15) is 9.59 Å². The molecule has 0 atom stereocenters. The number of benzene rings is 1. The van der Waals surface area contributed by atoms with Crippen LogP contribution in [-0.2, 0) is 9.47 Å². The maximum Gasteiger partial charge on any atom is 0.411 e. The van der Waals surface area contributed by atoms with Crippen LogP contribution >= 0.6 is 0 Å². The van der Waals surface area contributed by atoms with Gasteiger partial charge in [0.25, 0.3) is 0 Å². The zero-order valence-electron chi connectivity index (χ0n) is 14.5. The Morgan fingerprint density at radius 1 is 1.16 bits per heavy atom. The van der Waals surface area contributed by atoms with Gasteiger partial charge in [0.05, 0.1) is 20.3 Å². The van der Waals surface area contributed by atoms with Gasteiger partial charge in [-0.25, -0.2) is 9.59 Å². The molecule has 1 saturated heterocycles. The van der Waals surface area contributed by atoms with E-state index in [0.29, 0.717) is 17.9 Å². The first-order valence-corrected chi connectivity index (χ1v) is 8.47. The second-order valence-corrected chi connectivity index (χ2v) is 5.74. The number of anilines is 2. The quantitative estimate of drug-likeness (QED) is 0.655. The highest BCUT2D eigenvalue weighted by molar-refractivity contribution is 5.91. The molecule has 0 radical (unpaired) electrons. The molecule has 25 heavy (non-hydrogen) atoms. The summed E-state index contributed by atoms with van der Waals surface area (Å²) in [5.74, 6) is 0. The largest absolute Gasteiger partial charge is 0.453 e. The van der Waals surface area contributed by atoms with Crippen molar-refractivity contribution in [3.8, 4) is 0 Å². The van der Waals surface area contributed by atoms with Crippen LogP contribution in [0.3, 0.4) is 0 Å². The van der Waals surface area contributed by atoms with Crippen LogP contribution in [0.2, 0.25) is 0 Å². The third-order valence-electron chi connectivity index (χ3n) is 3.84. The number of nitrogens with one attached hydrogen (secondary N) is 3. The Morgan fingerprint density at radius 3 is 2.60 bits per heavy atom. The topological polar surface area (TPSA) is 91.9 Å². The van der Waals surface area contributed by atoms with E-state index in [-0.39, 0.29) is 6.03 Å². The summed E-state index contributed by atoms with van der Waals surface area (Å²) in [5.41, 5.74) is 1.15. The SMILES string of the molecule is COC(=O)Nc1cccc(NC(=O)NCCCCN2CCOCC2)c1. The molecule has 1 aromatic carbocycles. The molecule has 8 nitrogen and oxygen atoms in total. The third-order valence-corrected chi connectivity index (χ3v) is 3.84. The number of morpholine rings is 1. The minimum atomic E-state index is -0.554. The highest BCUT2D eigenvalue weighted by Gasteiger charge is 2.09. The summed E-state index contributed by atoms with van der Waals surface area (Å²) in [5, 5.41) is 8.13. The predicted octanol–water partition coefficient (Wildman–Crippen LogP) is 2.10. The first kappa shape index (κ1) is 19.0. The third kappa shape index (κ3) is 7.40. The molecular formula is C17H26N4O4. The summed E-state index contributed by atoms with van der Waals surface area (Å²) in [6.07, 6.45) is 1.41. The van der Waals surface area contributed by atoms with Crippen LogP contribution in [0.4, 0.5) is 21.0 Å². The van der Waals surface area contributed by atoms with Gasteiger partial charge < -0.3 is 20.1 Å². The molecule has 0 spiro atoms. The van der Waals surface area contributed by atoms with Crippen LogP contribution in [0.5, 0.6) is 0 Å². The molecule has 138 valence electrons. The van der Waals surface area contributed by atoms with E-state index < -0.39 is 6.09 Å². The summed E-state index contributed by atoms with van der Waals surface area (Å²) in [6.45, 7) is 5.26. The van der Waals surface area contributed by atoms with Gasteiger partial charge in [-0.05, 0) is 37.6 Å². The van der Waals surface area contributed by atoms with Crippen molar-refractivity contribution in [1.29, 1.82) is 0 Å². The molecule has 0 unspecified atom stereocenters. The fraction of sp³-hybridized carbons (Fsp3) is 0.529. The van der Waals surface area contributed by atoms with Gasteiger partial charge in [0.2, 0.25) is 0 Å². The number of urea groups is 1. The number of hydrogen-bond donors (Lipinski definition) is 3. The second kappa shape index (κ2) is 10.5. The molecular weight excluding hydrogens is 324 g/mol. The lowest BCUT2D eigenvalue weighted by Gasteiger charge is -2.26. The average Bonchev–Trinajstić information content (AvgIpc) is 2.62. The molecule has 1 fully saturated rings. The average molecular weight is 350 g/mol. The van der Waals surface area contributed by atoms with Gasteiger partial charge in [0, 0.05) is 31.0 Å². The summed E-state index contributed by atoms with van der Waals surface area (Å²) in [7, 11) is 1.30. The van der Waals surface area contributed by atoms with E-state index in [2.05, 4.69) is 25.6 Å². The standard InChI is InChI=1S/C17H26N4O4/c1-24-17(23)20-15-6-4-5-14(13-15)19-16(22)18-7-2-3-8-21-9-11-25-12-10-21/h4-6,13H,2-3,7-12H2,1H3,(H,20,23)(H2,18,19,22). The number of hydrogen-bond acceptors (Lipinski definition) is 5. The zero-order valence-corrected chi connectivity index (χ0v) is 14.5. The molecule has 1 aliphatic rings. The number of rotatable bonds is 7. The molecule has 0 bridgehead atoms. The number of carbonyl (C=O) groups is 2. The van der Waals surface area contributed by atoms with Crippen molar-refractivity contribution in [2.75, 3.05) is 57.1 Å². The monoisotopic (exact) mass is 350 g/mol. The fourth-order valence-electron chi connectivity index (χ4n) is 2.51. The van der Waals surface area contributed by atoms with Gasteiger partial charge in [-0.1, -0.05) is 6.07 Å². The number of unbranched alkanes of at least 4 members (excludes halogenated alkanes) is 1. The lowest BCUT2D eigenvalue weighted by molar-refractivity contribution is 0.0372. The number of carbonyl (C=O) groups excluding carboxylic acids is 2. The molecule has 0 saturated carbocycles. The highest BCUT2D eigenvalue weighted by atomic mass is 16.5. The van der Waals surface area contributed by atoms with Crippen LogP contribution < -0.4 is 16.0 Å². The van der Waals surface area contributed by atoms with Crippen LogP contribution in [0.15, 0.2) is 24.3 Å². The van der Waals surface area contributed by atoms with Crippen molar-refractivity contribution in [2.45, 2.75) is 12.8 Å². The number of amides is 3. The van der Waals surface area contributed by atoms with Crippen LogP contribution in [0, 0.1) is 0 Å². The smallest absolute Gasteiger partial charge is 0.411 e. The van der Waals surface area contributed by atoms with Gasteiger partial charge in [0.15, 0.2) is 0 Å². The lowest BCUT2D eigenvalue weighted by Crippen LogP contribution is -2.37. The van der Waals surface area contributed by atoms with Gasteiger partial charge in [-0.15, -0.1) is 0 Å². The van der Waals surface area contributed by atoms with Gasteiger partial charge in [-0.3, -0.25) is 10.2 Å². The fourth-order valence-corrected chi connectivity index (χ4v) is 2.51. The maximum atomic E-state index is 11.9. The maximum absolute atomic E-state index is 11.9. The molecule has 3 N–H and O–H groups in total. The Bertz CT molecular complexity index is 561. The number of methoxy groups -OCH3 is 1. The van der Waals surface area contributed by atoms with E-state index in [0.717, 1.165) is 45.7 Å². The highest BCUT2D eigenvalue weighted by Crippen LogP contribution is 2.15. The summed E-state index contributed by atoms with van der Waals surface area (Å²) < 4.78 is 9.85. The van der Waals surface area contributed by atoms with Gasteiger partial charge in [0.1, 0.15) is 0 Å². The first-order valence-electron chi connectivity index (χ1n) is 8.47. The minimum Gasteiger partial charge on any atom is -0.453 e. The van der Waals surface area contributed by atoms with Crippen molar-refractivity contribution in [2.24, 2.45) is 0 Å². The number of nitrogens with zero attached hydrogens (tertiary/aromatic N) is 1. The van der Waals surface area contributed by atoms with Crippen molar-refractivity contribution >= 4 is 23.5 Å². The molecule has 1 aromatic rings. The summed E-state index contributed by atoms with van der Waals surface area (Å²) in [6, 6.07) is 6.60. The normalized spacial score (nSPS) is 14.6. The van der Waals surface area contributed by atoms with Crippen molar-refractivity contribution in [1.82, 2.24) is 10.2 Å². The van der Waals surface area contributed by atoms with Crippen molar-refractivity contribution in [3.05, 3.63) is 24.3 Å². The molecule has 0 aliphatic carbocycles. The van der Waals surface area contributed by atoms with Crippen LogP contribution in [-0.4, -0.2) is 63.5 Å². The summed E-state index contributed by atoms with van der Waals surface area (Å²) >= 11 is 0. The molecule has 3 amide bonds. The van der Waals surface area contributed by atoms with E-state index in [1.165, 1.54) is 7.11 Å².